The van der Waals surface area contributed by atoms with Crippen molar-refractivity contribution in [1.82, 2.24) is 9.80 Å². The predicted molar refractivity (Wildman–Crippen MR) is 115 cm³/mol. The van der Waals surface area contributed by atoms with E-state index >= 15 is 0 Å². The maximum absolute atomic E-state index is 13.5. The van der Waals surface area contributed by atoms with Crippen molar-refractivity contribution in [2.75, 3.05) is 18.2 Å². The molecule has 2 rings (SSSR count). The highest BCUT2D eigenvalue weighted by Crippen LogP contribution is 2.35. The van der Waals surface area contributed by atoms with Crippen LogP contribution in [-0.2, 0) is 9.53 Å². The fourth-order valence-electron chi connectivity index (χ4n) is 3.71. The van der Waals surface area contributed by atoms with Crippen LogP contribution in [-0.4, -0.2) is 62.0 Å². The summed E-state index contributed by atoms with van der Waals surface area (Å²) >= 11 is 13.1. The molecule has 0 aromatic rings. The minimum atomic E-state index is -0.563. The van der Waals surface area contributed by atoms with Crippen LogP contribution in [0.2, 0.25) is 0 Å². The van der Waals surface area contributed by atoms with E-state index in [9.17, 15) is 9.59 Å². The Labute approximate surface area is 177 Å². The Morgan fingerprint density at radius 3 is 2.56 bits per heavy atom. The van der Waals surface area contributed by atoms with Gasteiger partial charge in [-0.2, -0.15) is 0 Å². The summed E-state index contributed by atoms with van der Waals surface area (Å²) < 4.78 is 6.20. The molecule has 0 saturated carbocycles. The SMILES string of the molecule is CC(C)[C@H]1CSC(=S)N1C(=O)[C@H](CCCl)[C@H]1CCCN1C(=O)OC(C)(C)C. The third-order valence-corrected chi connectivity index (χ3v) is 6.76. The van der Waals surface area contributed by atoms with Crippen molar-refractivity contribution in [1.29, 1.82) is 0 Å². The molecule has 0 radical (unpaired) electrons. The van der Waals surface area contributed by atoms with Crippen molar-refractivity contribution in [2.24, 2.45) is 11.8 Å². The van der Waals surface area contributed by atoms with Gasteiger partial charge in [0.1, 0.15) is 9.92 Å². The average Bonchev–Trinajstić information content (AvgIpc) is 3.16. The van der Waals surface area contributed by atoms with Gasteiger partial charge in [0, 0.05) is 30.3 Å². The van der Waals surface area contributed by atoms with Crippen LogP contribution in [0.4, 0.5) is 4.79 Å². The molecular weight excluding hydrogens is 404 g/mol. The van der Waals surface area contributed by atoms with Crippen molar-refractivity contribution in [3.63, 3.8) is 0 Å². The predicted octanol–water partition coefficient (Wildman–Crippen LogP) is 4.52. The Morgan fingerprint density at radius 2 is 2.00 bits per heavy atom. The standard InChI is InChI=1S/C19H31ClN2O3S2/c1-12(2)15-11-27-18(26)22(15)16(23)13(8-9-20)14-7-6-10-21(14)17(24)25-19(3,4)5/h12-15H,6-11H2,1-5H3/t13-,14-,15-/m1/s1. The molecule has 2 aliphatic heterocycles. The van der Waals surface area contributed by atoms with Crippen LogP contribution in [0.5, 0.6) is 0 Å². The van der Waals surface area contributed by atoms with Crippen molar-refractivity contribution >= 4 is 51.9 Å². The largest absolute Gasteiger partial charge is 0.444 e. The molecule has 2 saturated heterocycles. The lowest BCUT2D eigenvalue weighted by atomic mass is 9.92. The van der Waals surface area contributed by atoms with Gasteiger partial charge in [-0.25, -0.2) is 4.79 Å². The summed E-state index contributed by atoms with van der Waals surface area (Å²) in [6.45, 7) is 10.4. The van der Waals surface area contributed by atoms with Crippen LogP contribution in [0.15, 0.2) is 0 Å². The number of thiocarbonyl (C=S) groups is 1. The normalized spacial score (nSPS) is 24.6. The first-order chi connectivity index (χ1) is 12.6. The van der Waals surface area contributed by atoms with Crippen LogP contribution in [0.3, 0.4) is 0 Å². The minimum Gasteiger partial charge on any atom is -0.444 e. The fraction of sp³-hybridized carbons (Fsp3) is 0.842. The summed E-state index contributed by atoms with van der Waals surface area (Å²) in [6.07, 6.45) is 1.82. The van der Waals surface area contributed by atoms with E-state index in [0.717, 1.165) is 18.6 Å². The van der Waals surface area contributed by atoms with Crippen molar-refractivity contribution in [2.45, 2.75) is 71.6 Å². The number of thioether (sulfide) groups is 1. The summed E-state index contributed by atoms with van der Waals surface area (Å²) in [4.78, 5) is 29.7. The van der Waals surface area contributed by atoms with Gasteiger partial charge in [0.2, 0.25) is 5.91 Å². The van der Waals surface area contributed by atoms with Crippen LogP contribution in [0, 0.1) is 11.8 Å². The highest BCUT2D eigenvalue weighted by atomic mass is 35.5. The molecule has 0 aromatic heterocycles. The summed E-state index contributed by atoms with van der Waals surface area (Å²) in [5, 5.41) is 0. The molecule has 2 heterocycles. The van der Waals surface area contributed by atoms with Gasteiger partial charge < -0.3 is 9.64 Å². The van der Waals surface area contributed by atoms with Gasteiger partial charge in [-0.1, -0.05) is 37.8 Å². The zero-order valence-electron chi connectivity index (χ0n) is 16.9. The highest BCUT2D eigenvalue weighted by molar-refractivity contribution is 8.23. The molecule has 0 aromatic carbocycles. The molecule has 8 heteroatoms. The molecule has 0 unspecified atom stereocenters. The van der Waals surface area contributed by atoms with Gasteiger partial charge in [-0.05, 0) is 46.0 Å². The van der Waals surface area contributed by atoms with Crippen LogP contribution >= 0.6 is 35.6 Å². The van der Waals surface area contributed by atoms with Gasteiger partial charge >= 0.3 is 6.09 Å². The van der Waals surface area contributed by atoms with Gasteiger partial charge in [0.05, 0.1) is 5.92 Å². The fourth-order valence-corrected chi connectivity index (χ4v) is 5.59. The van der Waals surface area contributed by atoms with Gasteiger partial charge in [-0.3, -0.25) is 9.69 Å². The lowest BCUT2D eigenvalue weighted by Crippen LogP contribution is -2.51. The topological polar surface area (TPSA) is 49.9 Å². The first-order valence-corrected chi connectivity index (χ1v) is 11.5. The van der Waals surface area contributed by atoms with Gasteiger partial charge in [0.15, 0.2) is 0 Å². The number of likely N-dealkylation sites (tertiary alicyclic amines) is 1. The van der Waals surface area contributed by atoms with Crippen molar-refractivity contribution in [3.05, 3.63) is 0 Å². The van der Waals surface area contributed by atoms with E-state index in [1.165, 1.54) is 0 Å². The molecule has 27 heavy (non-hydrogen) atoms. The number of carbonyl (C=O) groups excluding carboxylic acids is 2. The van der Waals surface area contributed by atoms with Crippen molar-refractivity contribution < 1.29 is 14.3 Å². The van der Waals surface area contributed by atoms with E-state index in [2.05, 4.69) is 13.8 Å². The van der Waals surface area contributed by atoms with Gasteiger partial charge in [0.25, 0.3) is 0 Å². The minimum absolute atomic E-state index is 0.00445. The summed E-state index contributed by atoms with van der Waals surface area (Å²) in [6, 6.07) is -0.0866. The number of nitrogens with zero attached hydrogens (tertiary/aromatic N) is 2. The number of halogens is 1. The Balaban J connectivity index is 2.23. The lowest BCUT2D eigenvalue weighted by Gasteiger charge is -2.36. The Kier molecular flexibility index (Phi) is 7.85. The van der Waals surface area contributed by atoms with E-state index in [4.69, 9.17) is 28.6 Å². The zero-order chi connectivity index (χ0) is 20.4. The molecule has 2 amide bonds. The zero-order valence-corrected chi connectivity index (χ0v) is 19.3. The van der Waals surface area contributed by atoms with E-state index in [-0.39, 0.29) is 30.0 Å². The maximum atomic E-state index is 13.5. The molecule has 0 N–H and O–H groups in total. The smallest absolute Gasteiger partial charge is 0.410 e. The first kappa shape index (κ1) is 22.8. The van der Waals surface area contributed by atoms with Crippen molar-refractivity contribution in [3.8, 4) is 0 Å². The summed E-state index contributed by atoms with van der Waals surface area (Å²) in [5.41, 5.74) is -0.563. The number of carbonyl (C=O) groups is 2. The summed E-state index contributed by atoms with van der Waals surface area (Å²) in [7, 11) is 0. The maximum Gasteiger partial charge on any atom is 0.410 e. The molecule has 0 bridgehead atoms. The Morgan fingerprint density at radius 1 is 1.33 bits per heavy atom. The molecular formula is C19H31ClN2O3S2. The summed E-state index contributed by atoms with van der Waals surface area (Å²) in [5.74, 6) is 1.18. The number of rotatable bonds is 5. The van der Waals surface area contributed by atoms with Gasteiger partial charge in [-0.15, -0.1) is 11.6 Å². The average molecular weight is 435 g/mol. The molecule has 2 aliphatic rings. The molecule has 2 fully saturated rings. The highest BCUT2D eigenvalue weighted by Gasteiger charge is 2.45. The van der Waals surface area contributed by atoms with Crippen LogP contribution in [0.1, 0.15) is 53.9 Å². The number of hydrogen-bond donors (Lipinski definition) is 0. The second kappa shape index (κ2) is 9.31. The monoisotopic (exact) mass is 434 g/mol. The third-order valence-electron chi connectivity index (χ3n) is 5.04. The first-order valence-electron chi connectivity index (χ1n) is 9.62. The quantitative estimate of drug-likeness (QED) is 0.470. The second-order valence-corrected chi connectivity index (χ2v) is 10.6. The van der Waals surface area contributed by atoms with E-state index < -0.39 is 5.60 Å². The second-order valence-electron chi connectivity index (χ2n) is 8.56. The number of hydrogen-bond acceptors (Lipinski definition) is 5. The molecule has 154 valence electrons. The van der Waals surface area contributed by atoms with Crippen LogP contribution in [0.25, 0.3) is 0 Å². The molecule has 0 aliphatic carbocycles. The lowest BCUT2D eigenvalue weighted by molar-refractivity contribution is -0.135. The number of ether oxygens (including phenoxy) is 1. The van der Waals surface area contributed by atoms with E-state index in [1.54, 1.807) is 21.6 Å². The van der Waals surface area contributed by atoms with E-state index in [0.29, 0.717) is 29.1 Å². The Bertz CT molecular complexity index is 580. The Hall–Kier alpha value is -0.530. The van der Waals surface area contributed by atoms with Crippen LogP contribution < -0.4 is 0 Å². The number of alkyl halides is 1. The number of amides is 2. The molecule has 0 spiro atoms. The molecule has 3 atom stereocenters. The third kappa shape index (κ3) is 5.51. The molecule has 5 nitrogen and oxygen atoms in total. The van der Waals surface area contributed by atoms with E-state index in [1.807, 2.05) is 20.8 Å².